The standard InChI is InChI=1S/C13H8N2O4S/c16-14(17)11-5-1-3-9(7-11)13(20)10-4-2-6-12(8-10)15(18)19/h1-8H. The fourth-order valence-electron chi connectivity index (χ4n) is 1.69. The molecule has 20 heavy (non-hydrogen) atoms. The summed E-state index contributed by atoms with van der Waals surface area (Å²) in [5, 5.41) is 21.5. The van der Waals surface area contributed by atoms with Crippen molar-refractivity contribution in [2.45, 2.75) is 0 Å². The van der Waals surface area contributed by atoms with Gasteiger partial charge in [-0.2, -0.15) is 0 Å². The molecule has 0 heterocycles. The van der Waals surface area contributed by atoms with E-state index in [2.05, 4.69) is 0 Å². The van der Waals surface area contributed by atoms with E-state index in [9.17, 15) is 20.2 Å². The van der Waals surface area contributed by atoms with Crippen molar-refractivity contribution in [3.8, 4) is 0 Å². The van der Waals surface area contributed by atoms with Crippen LogP contribution in [0.15, 0.2) is 48.5 Å². The average Bonchev–Trinajstić information content (AvgIpc) is 2.46. The van der Waals surface area contributed by atoms with Gasteiger partial charge in [0.25, 0.3) is 11.4 Å². The molecule has 0 aliphatic carbocycles. The quantitative estimate of drug-likeness (QED) is 0.373. The number of nitro groups is 2. The third-order valence-electron chi connectivity index (χ3n) is 2.64. The maximum Gasteiger partial charge on any atom is 0.270 e. The summed E-state index contributed by atoms with van der Waals surface area (Å²) in [5.41, 5.74) is 0.815. The predicted octanol–water partition coefficient (Wildman–Crippen LogP) is 3.27. The first-order valence-electron chi connectivity index (χ1n) is 5.52. The van der Waals surface area contributed by atoms with Crippen LogP contribution in [0.25, 0.3) is 0 Å². The van der Waals surface area contributed by atoms with Gasteiger partial charge in [-0.15, -0.1) is 0 Å². The molecular weight excluding hydrogens is 280 g/mol. The zero-order valence-electron chi connectivity index (χ0n) is 10.1. The molecule has 0 amide bonds. The van der Waals surface area contributed by atoms with Crippen LogP contribution in [0.2, 0.25) is 0 Å². The molecule has 0 atom stereocenters. The highest BCUT2D eigenvalue weighted by atomic mass is 32.1. The van der Waals surface area contributed by atoms with Crippen LogP contribution in [0.3, 0.4) is 0 Å². The Morgan fingerprint density at radius 2 is 1.25 bits per heavy atom. The molecule has 2 aromatic rings. The van der Waals surface area contributed by atoms with Crippen LogP contribution in [0.5, 0.6) is 0 Å². The molecule has 0 bridgehead atoms. The van der Waals surface area contributed by atoms with Gasteiger partial charge in [0.2, 0.25) is 0 Å². The Morgan fingerprint density at radius 1 is 0.850 bits per heavy atom. The zero-order valence-corrected chi connectivity index (χ0v) is 10.9. The van der Waals surface area contributed by atoms with Crippen LogP contribution in [-0.2, 0) is 0 Å². The van der Waals surface area contributed by atoms with Crippen LogP contribution >= 0.6 is 12.2 Å². The van der Waals surface area contributed by atoms with Gasteiger partial charge in [-0.25, -0.2) is 0 Å². The maximum atomic E-state index is 10.7. The number of non-ortho nitro benzene ring substituents is 2. The highest BCUT2D eigenvalue weighted by Gasteiger charge is 2.13. The monoisotopic (exact) mass is 288 g/mol. The molecule has 0 aliphatic rings. The smallest absolute Gasteiger partial charge is 0.258 e. The molecule has 7 heteroatoms. The molecule has 0 unspecified atom stereocenters. The van der Waals surface area contributed by atoms with E-state index in [4.69, 9.17) is 12.2 Å². The van der Waals surface area contributed by atoms with Crippen molar-refractivity contribution >= 4 is 28.5 Å². The van der Waals surface area contributed by atoms with Gasteiger partial charge in [0.05, 0.1) is 14.7 Å². The summed E-state index contributed by atoms with van der Waals surface area (Å²) >= 11 is 5.23. The minimum absolute atomic E-state index is 0.0738. The van der Waals surface area contributed by atoms with Gasteiger partial charge in [-0.1, -0.05) is 36.5 Å². The van der Waals surface area contributed by atoms with Crippen molar-refractivity contribution < 1.29 is 9.85 Å². The normalized spacial score (nSPS) is 10.0. The molecule has 100 valence electrons. The van der Waals surface area contributed by atoms with E-state index < -0.39 is 9.85 Å². The third kappa shape index (κ3) is 2.83. The van der Waals surface area contributed by atoms with Gasteiger partial charge in [-0.3, -0.25) is 20.2 Å². The Bertz CT molecular complexity index is 656. The molecule has 0 aliphatic heterocycles. The van der Waals surface area contributed by atoms with Gasteiger partial charge in [0, 0.05) is 24.3 Å². The molecule has 0 N–H and O–H groups in total. The first-order valence-corrected chi connectivity index (χ1v) is 5.93. The molecule has 0 saturated carbocycles. The Morgan fingerprint density at radius 3 is 1.60 bits per heavy atom. The molecule has 0 spiro atoms. The minimum atomic E-state index is -0.514. The Hall–Kier alpha value is -2.67. The van der Waals surface area contributed by atoms with Gasteiger partial charge in [0.1, 0.15) is 0 Å². The van der Waals surface area contributed by atoms with Crippen molar-refractivity contribution in [1.82, 2.24) is 0 Å². The minimum Gasteiger partial charge on any atom is -0.258 e. The SMILES string of the molecule is O=[N+]([O-])c1cccc(C(=S)c2cccc([N+](=O)[O-])c2)c1. The van der Waals surface area contributed by atoms with Crippen molar-refractivity contribution in [2.24, 2.45) is 0 Å². The summed E-state index contributed by atoms with van der Waals surface area (Å²) in [7, 11) is 0. The fraction of sp³-hybridized carbons (Fsp3) is 0. The summed E-state index contributed by atoms with van der Waals surface area (Å²) in [5.74, 6) is 0. The Labute approximate surface area is 119 Å². The van der Waals surface area contributed by atoms with E-state index in [1.54, 1.807) is 12.1 Å². The molecular formula is C13H8N2O4S. The summed E-state index contributed by atoms with van der Waals surface area (Å²) in [6.07, 6.45) is 0. The topological polar surface area (TPSA) is 86.3 Å². The van der Waals surface area contributed by atoms with Crippen LogP contribution in [-0.4, -0.2) is 14.7 Å². The van der Waals surface area contributed by atoms with Crippen LogP contribution in [0.1, 0.15) is 11.1 Å². The number of hydrogen-bond acceptors (Lipinski definition) is 5. The number of rotatable bonds is 4. The second-order valence-electron chi connectivity index (χ2n) is 3.94. The molecule has 2 aromatic carbocycles. The van der Waals surface area contributed by atoms with Gasteiger partial charge < -0.3 is 0 Å². The van der Waals surface area contributed by atoms with E-state index in [0.717, 1.165) is 0 Å². The lowest BCUT2D eigenvalue weighted by atomic mass is 10.0. The van der Waals surface area contributed by atoms with Crippen LogP contribution in [0.4, 0.5) is 11.4 Å². The number of thiocarbonyl (C=S) groups is 1. The van der Waals surface area contributed by atoms with Crippen LogP contribution in [0, 0.1) is 20.2 Å². The molecule has 0 fully saturated rings. The molecule has 6 nitrogen and oxygen atoms in total. The van der Waals surface area contributed by atoms with Crippen molar-refractivity contribution in [3.63, 3.8) is 0 Å². The lowest BCUT2D eigenvalue weighted by Gasteiger charge is -2.04. The summed E-state index contributed by atoms with van der Waals surface area (Å²) in [6.45, 7) is 0. The number of benzene rings is 2. The highest BCUT2D eigenvalue weighted by molar-refractivity contribution is 7.81. The third-order valence-corrected chi connectivity index (χ3v) is 3.11. The molecule has 0 aromatic heterocycles. The largest absolute Gasteiger partial charge is 0.270 e. The summed E-state index contributed by atoms with van der Waals surface area (Å²) in [6, 6.07) is 11.7. The van der Waals surface area contributed by atoms with Crippen LogP contribution < -0.4 is 0 Å². The van der Waals surface area contributed by atoms with E-state index in [-0.39, 0.29) is 11.4 Å². The first kappa shape index (κ1) is 13.8. The number of nitrogens with zero attached hydrogens (tertiary/aromatic N) is 2. The van der Waals surface area contributed by atoms with E-state index >= 15 is 0 Å². The summed E-state index contributed by atoms with van der Waals surface area (Å²) in [4.78, 5) is 20.8. The molecule has 2 rings (SSSR count). The number of nitro benzene ring substituents is 2. The van der Waals surface area contributed by atoms with Crippen molar-refractivity contribution in [3.05, 3.63) is 79.9 Å². The van der Waals surface area contributed by atoms with E-state index in [1.807, 2.05) is 0 Å². The summed E-state index contributed by atoms with van der Waals surface area (Å²) < 4.78 is 0. The average molecular weight is 288 g/mol. The van der Waals surface area contributed by atoms with Crippen molar-refractivity contribution in [2.75, 3.05) is 0 Å². The lowest BCUT2D eigenvalue weighted by Crippen LogP contribution is -2.01. The molecule has 0 saturated heterocycles. The second kappa shape index (κ2) is 5.54. The van der Waals surface area contributed by atoms with E-state index in [0.29, 0.717) is 16.0 Å². The maximum absolute atomic E-state index is 10.7. The Kier molecular flexibility index (Phi) is 3.81. The lowest BCUT2D eigenvalue weighted by molar-refractivity contribution is -0.385. The highest BCUT2D eigenvalue weighted by Crippen LogP contribution is 2.20. The van der Waals surface area contributed by atoms with E-state index in [1.165, 1.54) is 36.4 Å². The van der Waals surface area contributed by atoms with Gasteiger partial charge in [0.15, 0.2) is 0 Å². The predicted molar refractivity (Wildman–Crippen MR) is 77.0 cm³/mol. The molecule has 0 radical (unpaired) electrons. The fourth-order valence-corrected chi connectivity index (χ4v) is 1.94. The number of hydrogen-bond donors (Lipinski definition) is 0. The zero-order chi connectivity index (χ0) is 14.7. The van der Waals surface area contributed by atoms with Crippen molar-refractivity contribution in [1.29, 1.82) is 0 Å². The Balaban J connectivity index is 2.41. The van der Waals surface area contributed by atoms with Gasteiger partial charge in [-0.05, 0) is 11.1 Å². The second-order valence-corrected chi connectivity index (χ2v) is 4.35. The first-order chi connectivity index (χ1) is 9.49. The van der Waals surface area contributed by atoms with Gasteiger partial charge >= 0.3 is 0 Å².